The van der Waals surface area contributed by atoms with Gasteiger partial charge in [-0.05, 0) is 24.6 Å². The molecule has 0 aliphatic carbocycles. The van der Waals surface area contributed by atoms with Gasteiger partial charge in [0.15, 0.2) is 11.5 Å². The van der Waals surface area contributed by atoms with Crippen LogP contribution in [0.25, 0.3) is 0 Å². The quantitative estimate of drug-likeness (QED) is 0.834. The third-order valence-electron chi connectivity index (χ3n) is 3.05. The molecule has 0 saturated carbocycles. The number of morpholine rings is 1. The van der Waals surface area contributed by atoms with Crippen LogP contribution in [0.1, 0.15) is 18.6 Å². The summed E-state index contributed by atoms with van der Waals surface area (Å²) in [4.78, 5) is 0. The Morgan fingerprint density at radius 1 is 1.24 bits per heavy atom. The summed E-state index contributed by atoms with van der Waals surface area (Å²) in [7, 11) is 0. The molecule has 2 unspecified atom stereocenters. The van der Waals surface area contributed by atoms with Gasteiger partial charge in [-0.25, -0.2) is 0 Å². The number of hydrogen-bond donors (Lipinski definition) is 1. The van der Waals surface area contributed by atoms with Gasteiger partial charge in [0.05, 0.1) is 12.7 Å². The van der Waals surface area contributed by atoms with Crippen LogP contribution in [0.3, 0.4) is 0 Å². The lowest BCUT2D eigenvalue weighted by atomic mass is 10.0. The monoisotopic (exact) mass is 257 g/mol. The molecule has 17 heavy (non-hydrogen) atoms. The van der Waals surface area contributed by atoms with Crippen molar-refractivity contribution < 1.29 is 14.2 Å². The highest BCUT2D eigenvalue weighted by atomic mass is 35.5. The van der Waals surface area contributed by atoms with E-state index in [1.807, 2.05) is 18.2 Å². The van der Waals surface area contributed by atoms with E-state index in [2.05, 4.69) is 12.2 Å². The molecule has 1 aromatic rings. The van der Waals surface area contributed by atoms with E-state index in [4.69, 9.17) is 14.2 Å². The number of fused-ring (bicyclic) bond motifs is 1. The van der Waals surface area contributed by atoms with Crippen molar-refractivity contribution in [1.82, 2.24) is 5.32 Å². The SMILES string of the molecule is CC1NCCOC1c1ccc2c(c1)OCO2.Cl. The summed E-state index contributed by atoms with van der Waals surface area (Å²) >= 11 is 0. The maximum atomic E-state index is 5.78. The lowest BCUT2D eigenvalue weighted by Crippen LogP contribution is -2.41. The van der Waals surface area contributed by atoms with Gasteiger partial charge in [0, 0.05) is 12.6 Å². The molecular formula is C12H16ClNO3. The van der Waals surface area contributed by atoms with Crippen molar-refractivity contribution in [3.8, 4) is 11.5 Å². The van der Waals surface area contributed by atoms with E-state index >= 15 is 0 Å². The van der Waals surface area contributed by atoms with Crippen LogP contribution < -0.4 is 14.8 Å². The average Bonchev–Trinajstić information content (AvgIpc) is 2.76. The molecule has 2 atom stereocenters. The standard InChI is InChI=1S/C12H15NO3.ClH/c1-8-12(14-5-4-13-8)9-2-3-10-11(6-9)16-7-15-10;/h2-3,6,8,12-13H,4-5,7H2,1H3;1H. The zero-order chi connectivity index (χ0) is 11.0. The van der Waals surface area contributed by atoms with Crippen molar-refractivity contribution in [2.45, 2.75) is 19.1 Å². The van der Waals surface area contributed by atoms with Gasteiger partial charge < -0.3 is 19.5 Å². The Morgan fingerprint density at radius 2 is 2.06 bits per heavy atom. The fourth-order valence-corrected chi connectivity index (χ4v) is 2.20. The van der Waals surface area contributed by atoms with Crippen LogP contribution >= 0.6 is 12.4 Å². The minimum absolute atomic E-state index is 0. The van der Waals surface area contributed by atoms with Gasteiger partial charge in [-0.3, -0.25) is 0 Å². The van der Waals surface area contributed by atoms with Crippen molar-refractivity contribution in [1.29, 1.82) is 0 Å². The highest BCUT2D eigenvalue weighted by molar-refractivity contribution is 5.85. The van der Waals surface area contributed by atoms with E-state index in [0.717, 1.165) is 30.2 Å². The fourth-order valence-electron chi connectivity index (χ4n) is 2.20. The Balaban J connectivity index is 0.00000108. The largest absolute Gasteiger partial charge is 0.454 e. The molecule has 0 radical (unpaired) electrons. The third kappa shape index (κ3) is 2.34. The molecule has 0 bridgehead atoms. The summed E-state index contributed by atoms with van der Waals surface area (Å²) in [5, 5.41) is 3.40. The highest BCUT2D eigenvalue weighted by Crippen LogP contribution is 2.36. The molecule has 5 heteroatoms. The molecule has 0 spiro atoms. The normalized spacial score (nSPS) is 26.4. The van der Waals surface area contributed by atoms with Crippen molar-refractivity contribution >= 4 is 12.4 Å². The van der Waals surface area contributed by atoms with E-state index in [-0.39, 0.29) is 18.5 Å². The van der Waals surface area contributed by atoms with Gasteiger partial charge in [0.2, 0.25) is 6.79 Å². The molecular weight excluding hydrogens is 242 g/mol. The summed E-state index contributed by atoms with van der Waals surface area (Å²) in [6, 6.07) is 6.33. The van der Waals surface area contributed by atoms with E-state index in [9.17, 15) is 0 Å². The van der Waals surface area contributed by atoms with Gasteiger partial charge in [0.1, 0.15) is 0 Å². The number of benzene rings is 1. The van der Waals surface area contributed by atoms with Crippen molar-refractivity contribution in [2.24, 2.45) is 0 Å². The first-order chi connectivity index (χ1) is 7.84. The third-order valence-corrected chi connectivity index (χ3v) is 3.05. The molecule has 2 aliphatic rings. The first kappa shape index (κ1) is 12.5. The maximum absolute atomic E-state index is 5.78. The van der Waals surface area contributed by atoms with E-state index in [0.29, 0.717) is 12.8 Å². The Labute approximate surface area is 107 Å². The Morgan fingerprint density at radius 3 is 2.88 bits per heavy atom. The second kappa shape index (κ2) is 5.12. The van der Waals surface area contributed by atoms with Crippen LogP contribution in [0.2, 0.25) is 0 Å². The van der Waals surface area contributed by atoms with Gasteiger partial charge in [0.25, 0.3) is 0 Å². The summed E-state index contributed by atoms with van der Waals surface area (Å²) in [6.45, 7) is 4.12. The highest BCUT2D eigenvalue weighted by Gasteiger charge is 2.25. The molecule has 1 aromatic carbocycles. The first-order valence-electron chi connectivity index (χ1n) is 5.59. The summed E-state index contributed by atoms with van der Waals surface area (Å²) < 4.78 is 16.4. The average molecular weight is 258 g/mol. The molecule has 1 N–H and O–H groups in total. The zero-order valence-electron chi connectivity index (χ0n) is 9.64. The first-order valence-corrected chi connectivity index (χ1v) is 5.59. The second-order valence-corrected chi connectivity index (χ2v) is 4.15. The number of rotatable bonds is 1. The molecule has 1 saturated heterocycles. The molecule has 0 aromatic heterocycles. The van der Waals surface area contributed by atoms with Gasteiger partial charge in [-0.1, -0.05) is 6.07 Å². The number of ether oxygens (including phenoxy) is 3. The molecule has 1 fully saturated rings. The topological polar surface area (TPSA) is 39.7 Å². The summed E-state index contributed by atoms with van der Waals surface area (Å²) in [6.07, 6.45) is 0.100. The Kier molecular flexibility index (Phi) is 3.76. The van der Waals surface area contributed by atoms with Crippen LogP contribution in [0, 0.1) is 0 Å². The number of halogens is 1. The molecule has 4 nitrogen and oxygen atoms in total. The predicted octanol–water partition coefficient (Wildman–Crippen LogP) is 1.89. The van der Waals surface area contributed by atoms with Gasteiger partial charge in [-0.15, -0.1) is 12.4 Å². The number of nitrogens with one attached hydrogen (secondary N) is 1. The molecule has 2 aliphatic heterocycles. The van der Waals surface area contributed by atoms with E-state index < -0.39 is 0 Å². The Hall–Kier alpha value is -0.970. The molecule has 0 amide bonds. The van der Waals surface area contributed by atoms with Gasteiger partial charge in [-0.2, -0.15) is 0 Å². The lowest BCUT2D eigenvalue weighted by molar-refractivity contribution is -0.000311. The van der Waals surface area contributed by atoms with Crippen molar-refractivity contribution in [3.63, 3.8) is 0 Å². The van der Waals surface area contributed by atoms with Gasteiger partial charge >= 0.3 is 0 Å². The lowest BCUT2D eigenvalue weighted by Gasteiger charge is -2.30. The maximum Gasteiger partial charge on any atom is 0.231 e. The molecule has 94 valence electrons. The smallest absolute Gasteiger partial charge is 0.231 e. The molecule has 3 rings (SSSR count). The predicted molar refractivity (Wildman–Crippen MR) is 66.0 cm³/mol. The minimum atomic E-state index is 0. The van der Waals surface area contributed by atoms with Crippen LogP contribution in [-0.2, 0) is 4.74 Å². The fraction of sp³-hybridized carbons (Fsp3) is 0.500. The van der Waals surface area contributed by atoms with E-state index in [1.165, 1.54) is 0 Å². The minimum Gasteiger partial charge on any atom is -0.454 e. The van der Waals surface area contributed by atoms with Crippen LogP contribution in [0.5, 0.6) is 11.5 Å². The van der Waals surface area contributed by atoms with Crippen LogP contribution in [-0.4, -0.2) is 26.0 Å². The second-order valence-electron chi connectivity index (χ2n) is 4.15. The van der Waals surface area contributed by atoms with Crippen molar-refractivity contribution in [2.75, 3.05) is 19.9 Å². The summed E-state index contributed by atoms with van der Waals surface area (Å²) in [5.41, 5.74) is 1.14. The van der Waals surface area contributed by atoms with Crippen molar-refractivity contribution in [3.05, 3.63) is 23.8 Å². The number of hydrogen-bond acceptors (Lipinski definition) is 4. The Bertz CT molecular complexity index is 399. The van der Waals surface area contributed by atoms with Crippen LogP contribution in [0.15, 0.2) is 18.2 Å². The summed E-state index contributed by atoms with van der Waals surface area (Å²) in [5.74, 6) is 1.64. The van der Waals surface area contributed by atoms with Crippen LogP contribution in [0.4, 0.5) is 0 Å². The van der Waals surface area contributed by atoms with E-state index in [1.54, 1.807) is 0 Å². The zero-order valence-corrected chi connectivity index (χ0v) is 10.5. The molecule has 2 heterocycles.